The Morgan fingerprint density at radius 1 is 1.33 bits per heavy atom. The molecule has 1 aromatic heterocycles. The van der Waals surface area contributed by atoms with Gasteiger partial charge in [0.2, 0.25) is 5.88 Å². The van der Waals surface area contributed by atoms with Gasteiger partial charge in [0.15, 0.2) is 0 Å². The van der Waals surface area contributed by atoms with Crippen molar-refractivity contribution in [1.29, 1.82) is 0 Å². The maximum atomic E-state index is 12.8. The normalized spacial score (nSPS) is 17.1. The molecular formula is C19H22N2O2S. The lowest BCUT2D eigenvalue weighted by Gasteiger charge is -2.18. The fourth-order valence-corrected chi connectivity index (χ4v) is 3.60. The number of carbonyl (C=O) groups excluding carboxylic acids is 1. The van der Waals surface area contributed by atoms with Gasteiger partial charge in [0.05, 0.1) is 12.1 Å². The zero-order chi connectivity index (χ0) is 16.9. The third-order valence-electron chi connectivity index (χ3n) is 4.02. The molecule has 1 aliphatic rings. The van der Waals surface area contributed by atoms with E-state index < -0.39 is 0 Å². The molecule has 1 aromatic carbocycles. The molecule has 0 spiro atoms. The van der Waals surface area contributed by atoms with Gasteiger partial charge in [0, 0.05) is 30.1 Å². The maximum absolute atomic E-state index is 12.8. The number of hydrogen-bond acceptors (Lipinski definition) is 4. The van der Waals surface area contributed by atoms with Gasteiger partial charge < -0.3 is 9.64 Å². The average Bonchev–Trinajstić information content (AvgIpc) is 3.06. The summed E-state index contributed by atoms with van der Waals surface area (Å²) in [6.07, 6.45) is 2.64. The van der Waals surface area contributed by atoms with Crippen LogP contribution < -0.4 is 4.74 Å². The lowest BCUT2D eigenvalue weighted by atomic mass is 10.2. The van der Waals surface area contributed by atoms with Gasteiger partial charge in [-0.3, -0.25) is 4.79 Å². The van der Waals surface area contributed by atoms with Crippen molar-refractivity contribution in [3.63, 3.8) is 0 Å². The molecule has 1 unspecified atom stereocenters. The number of likely N-dealkylation sites (tertiary alicyclic amines) is 1. The predicted molar refractivity (Wildman–Crippen MR) is 96.8 cm³/mol. The van der Waals surface area contributed by atoms with Crippen LogP contribution in [0.3, 0.4) is 0 Å². The number of amides is 1. The van der Waals surface area contributed by atoms with Crippen LogP contribution in [0, 0.1) is 6.92 Å². The van der Waals surface area contributed by atoms with E-state index in [-0.39, 0.29) is 12.0 Å². The number of rotatable bonds is 5. The van der Waals surface area contributed by atoms with E-state index in [1.807, 2.05) is 48.2 Å². The molecular weight excluding hydrogens is 320 g/mol. The van der Waals surface area contributed by atoms with E-state index in [0.717, 1.165) is 34.7 Å². The van der Waals surface area contributed by atoms with Crippen LogP contribution in [0.4, 0.5) is 0 Å². The zero-order valence-electron chi connectivity index (χ0n) is 14.1. The van der Waals surface area contributed by atoms with Crippen molar-refractivity contribution in [3.05, 3.63) is 53.7 Å². The Kier molecular flexibility index (Phi) is 5.41. The minimum atomic E-state index is 0.00939. The lowest BCUT2D eigenvalue weighted by Crippen LogP contribution is -2.31. The number of hydrogen-bond donors (Lipinski definition) is 0. The number of carbonyl (C=O) groups is 1. The number of nitrogens with zero attached hydrogens (tertiary/aromatic N) is 2. The molecule has 2 heterocycles. The summed E-state index contributed by atoms with van der Waals surface area (Å²) in [6, 6.07) is 11.7. The Morgan fingerprint density at radius 2 is 2.17 bits per heavy atom. The second-order valence-electron chi connectivity index (χ2n) is 5.88. The fraction of sp³-hybridized carbons (Fsp3) is 0.368. The van der Waals surface area contributed by atoms with Gasteiger partial charge in [-0.15, -0.1) is 11.8 Å². The van der Waals surface area contributed by atoms with Crippen molar-refractivity contribution >= 4 is 17.7 Å². The van der Waals surface area contributed by atoms with Crippen LogP contribution in [0.25, 0.3) is 0 Å². The molecule has 1 fully saturated rings. The third kappa shape index (κ3) is 3.90. The van der Waals surface area contributed by atoms with Crippen molar-refractivity contribution < 1.29 is 9.53 Å². The number of pyridine rings is 1. The summed E-state index contributed by atoms with van der Waals surface area (Å²) in [7, 11) is 0. The van der Waals surface area contributed by atoms with Crippen LogP contribution in [0.5, 0.6) is 5.88 Å². The maximum Gasteiger partial charge on any atom is 0.255 e. The standard InChI is InChI=1S/C19H22N2O2S/c1-3-24-17-7-5-4-6-16(17)19(22)21-11-10-15(13-21)23-18-9-8-14(2)12-20-18/h4-9,12,15H,3,10-11,13H2,1-2H3. The first-order valence-corrected chi connectivity index (χ1v) is 9.26. The van der Waals surface area contributed by atoms with Crippen LogP contribution in [0.2, 0.25) is 0 Å². The first kappa shape index (κ1) is 16.8. The molecule has 0 bridgehead atoms. The Labute approximate surface area is 147 Å². The van der Waals surface area contributed by atoms with Crippen molar-refractivity contribution in [2.75, 3.05) is 18.8 Å². The molecule has 0 saturated carbocycles. The van der Waals surface area contributed by atoms with Gasteiger partial charge in [0.25, 0.3) is 5.91 Å². The molecule has 4 nitrogen and oxygen atoms in total. The summed E-state index contributed by atoms with van der Waals surface area (Å²) >= 11 is 1.71. The topological polar surface area (TPSA) is 42.4 Å². The molecule has 0 aliphatic carbocycles. The van der Waals surface area contributed by atoms with E-state index >= 15 is 0 Å². The summed E-state index contributed by atoms with van der Waals surface area (Å²) in [6.45, 7) is 5.43. The molecule has 3 rings (SSSR count). The van der Waals surface area contributed by atoms with E-state index in [9.17, 15) is 4.79 Å². The summed E-state index contributed by atoms with van der Waals surface area (Å²) in [4.78, 5) is 20.0. The quantitative estimate of drug-likeness (QED) is 0.775. The first-order chi connectivity index (χ1) is 11.7. The van der Waals surface area contributed by atoms with Crippen LogP contribution in [-0.2, 0) is 0 Å². The minimum absolute atomic E-state index is 0.00939. The van der Waals surface area contributed by atoms with Gasteiger partial charge in [-0.25, -0.2) is 4.98 Å². The van der Waals surface area contributed by atoms with Gasteiger partial charge >= 0.3 is 0 Å². The highest BCUT2D eigenvalue weighted by Crippen LogP contribution is 2.25. The van der Waals surface area contributed by atoms with E-state index in [0.29, 0.717) is 12.4 Å². The summed E-state index contributed by atoms with van der Waals surface area (Å²) in [5, 5.41) is 0. The molecule has 5 heteroatoms. The summed E-state index contributed by atoms with van der Waals surface area (Å²) in [5.74, 6) is 1.67. The average molecular weight is 342 g/mol. The Balaban J connectivity index is 1.65. The van der Waals surface area contributed by atoms with Gasteiger partial charge in [0.1, 0.15) is 6.10 Å². The molecule has 1 aliphatic heterocycles. The minimum Gasteiger partial charge on any atom is -0.472 e. The molecule has 1 saturated heterocycles. The molecule has 0 radical (unpaired) electrons. The summed E-state index contributed by atoms with van der Waals surface area (Å²) < 4.78 is 5.91. The second kappa shape index (κ2) is 7.71. The molecule has 1 atom stereocenters. The van der Waals surface area contributed by atoms with Gasteiger partial charge in [-0.2, -0.15) is 0 Å². The van der Waals surface area contributed by atoms with Crippen LogP contribution in [-0.4, -0.2) is 40.7 Å². The van der Waals surface area contributed by atoms with E-state index in [2.05, 4.69) is 11.9 Å². The van der Waals surface area contributed by atoms with Crippen molar-refractivity contribution in [2.45, 2.75) is 31.3 Å². The predicted octanol–water partition coefficient (Wildman–Crippen LogP) is 3.80. The molecule has 1 amide bonds. The highest BCUT2D eigenvalue weighted by atomic mass is 32.2. The van der Waals surface area contributed by atoms with Crippen LogP contribution >= 0.6 is 11.8 Å². The van der Waals surface area contributed by atoms with E-state index in [1.165, 1.54) is 0 Å². The van der Waals surface area contributed by atoms with Crippen molar-refractivity contribution in [2.24, 2.45) is 0 Å². The number of thioether (sulfide) groups is 1. The fourth-order valence-electron chi connectivity index (χ4n) is 2.80. The Morgan fingerprint density at radius 3 is 2.92 bits per heavy atom. The zero-order valence-corrected chi connectivity index (χ0v) is 14.9. The number of benzene rings is 1. The number of aromatic nitrogens is 1. The van der Waals surface area contributed by atoms with Crippen molar-refractivity contribution in [1.82, 2.24) is 9.88 Å². The lowest BCUT2D eigenvalue weighted by molar-refractivity contribution is 0.0768. The van der Waals surface area contributed by atoms with E-state index in [4.69, 9.17) is 4.74 Å². The summed E-state index contributed by atoms with van der Waals surface area (Å²) in [5.41, 5.74) is 1.90. The van der Waals surface area contributed by atoms with Crippen molar-refractivity contribution in [3.8, 4) is 5.88 Å². The Hall–Kier alpha value is -2.01. The highest BCUT2D eigenvalue weighted by Gasteiger charge is 2.29. The largest absolute Gasteiger partial charge is 0.472 e. The second-order valence-corrected chi connectivity index (χ2v) is 7.19. The van der Waals surface area contributed by atoms with Gasteiger partial charge in [-0.05, 0) is 30.4 Å². The SMILES string of the molecule is CCSc1ccccc1C(=O)N1CCC(Oc2ccc(C)cn2)C1. The molecule has 126 valence electrons. The van der Waals surface area contributed by atoms with Gasteiger partial charge in [-0.1, -0.05) is 25.1 Å². The molecule has 24 heavy (non-hydrogen) atoms. The van der Waals surface area contributed by atoms with E-state index in [1.54, 1.807) is 18.0 Å². The number of ether oxygens (including phenoxy) is 1. The van der Waals surface area contributed by atoms with Crippen LogP contribution in [0.1, 0.15) is 29.3 Å². The third-order valence-corrected chi connectivity index (χ3v) is 4.98. The monoisotopic (exact) mass is 342 g/mol. The molecule has 2 aromatic rings. The Bertz CT molecular complexity index is 703. The molecule has 0 N–H and O–H groups in total. The van der Waals surface area contributed by atoms with Crippen LogP contribution in [0.15, 0.2) is 47.5 Å². The first-order valence-electron chi connectivity index (χ1n) is 8.27. The highest BCUT2D eigenvalue weighted by molar-refractivity contribution is 7.99. The smallest absolute Gasteiger partial charge is 0.255 e. The number of aryl methyl sites for hydroxylation is 1.